The topological polar surface area (TPSA) is 78.9 Å². The van der Waals surface area contributed by atoms with Crippen LogP contribution in [-0.2, 0) is 9.53 Å². The minimum absolute atomic E-state index is 0.326. The lowest BCUT2D eigenvalue weighted by molar-refractivity contribution is -0.111. The van der Waals surface area contributed by atoms with Gasteiger partial charge in [0.15, 0.2) is 11.5 Å². The van der Waals surface area contributed by atoms with E-state index in [0.717, 1.165) is 0 Å². The Hall–Kier alpha value is -2.77. The van der Waals surface area contributed by atoms with Gasteiger partial charge in [0.2, 0.25) is 11.8 Å². The lowest BCUT2D eigenvalue weighted by Gasteiger charge is -2.12. The van der Waals surface area contributed by atoms with Crippen molar-refractivity contribution < 1.29 is 23.7 Å². The quantitative estimate of drug-likeness (QED) is 0.477. The molecule has 1 N–H and O–H groups in total. The van der Waals surface area contributed by atoms with Crippen LogP contribution in [0.4, 0.5) is 5.69 Å². The molecule has 0 saturated carbocycles. The van der Waals surface area contributed by atoms with E-state index in [1.807, 2.05) is 6.92 Å². The molecule has 150 valence electrons. The number of nitrogens with one attached hydrogen (secondary N) is 1. The van der Waals surface area contributed by atoms with Crippen molar-refractivity contribution in [1.29, 1.82) is 0 Å². The maximum absolute atomic E-state index is 12.3. The number of aromatic nitrogens is 1. The van der Waals surface area contributed by atoms with E-state index in [1.165, 1.54) is 13.2 Å². The molecular formula is C20H23ClN2O5. The summed E-state index contributed by atoms with van der Waals surface area (Å²) in [6, 6.07) is 6.85. The van der Waals surface area contributed by atoms with Crippen molar-refractivity contribution in [3.05, 3.63) is 47.1 Å². The molecule has 2 aromatic rings. The zero-order valence-electron chi connectivity index (χ0n) is 16.0. The highest BCUT2D eigenvalue weighted by Crippen LogP contribution is 2.36. The number of ether oxygens (including phenoxy) is 4. The normalized spacial score (nSPS) is 10.7. The summed E-state index contributed by atoms with van der Waals surface area (Å²) in [6.07, 6.45) is 4.60. The molecule has 1 amide bonds. The number of amides is 1. The summed E-state index contributed by atoms with van der Waals surface area (Å²) in [5, 5.41) is 3.14. The number of anilines is 1. The Morgan fingerprint density at radius 2 is 2.07 bits per heavy atom. The number of carbonyl (C=O) groups is 1. The third-order valence-electron chi connectivity index (χ3n) is 3.52. The van der Waals surface area contributed by atoms with Gasteiger partial charge in [0.1, 0.15) is 12.3 Å². The molecule has 0 fully saturated rings. The molecule has 7 nitrogen and oxygen atoms in total. The van der Waals surface area contributed by atoms with Gasteiger partial charge in [0, 0.05) is 19.4 Å². The van der Waals surface area contributed by atoms with Crippen LogP contribution in [0.25, 0.3) is 6.08 Å². The van der Waals surface area contributed by atoms with Gasteiger partial charge in [-0.3, -0.25) is 4.79 Å². The average Bonchev–Trinajstić information content (AvgIpc) is 2.69. The molecule has 1 aromatic carbocycles. The molecule has 28 heavy (non-hydrogen) atoms. The molecule has 2 rings (SSSR count). The van der Waals surface area contributed by atoms with Crippen molar-refractivity contribution in [3.63, 3.8) is 0 Å². The Kier molecular flexibility index (Phi) is 8.58. The second kappa shape index (κ2) is 11.2. The molecule has 0 aliphatic rings. The summed E-state index contributed by atoms with van der Waals surface area (Å²) in [5.74, 6) is 0.956. The lowest BCUT2D eigenvalue weighted by atomic mass is 10.2. The van der Waals surface area contributed by atoms with Gasteiger partial charge in [-0.25, -0.2) is 4.98 Å². The molecule has 1 aromatic heterocycles. The number of pyridine rings is 1. The monoisotopic (exact) mass is 406 g/mol. The van der Waals surface area contributed by atoms with Crippen molar-refractivity contribution in [2.45, 2.75) is 6.92 Å². The van der Waals surface area contributed by atoms with Gasteiger partial charge in [0.25, 0.3) is 0 Å². The maximum atomic E-state index is 12.3. The fourth-order valence-corrected chi connectivity index (χ4v) is 2.56. The fourth-order valence-electron chi connectivity index (χ4n) is 2.29. The Labute approximate surface area is 169 Å². The molecule has 0 aliphatic carbocycles. The van der Waals surface area contributed by atoms with Crippen molar-refractivity contribution in [3.8, 4) is 17.4 Å². The fraction of sp³-hybridized carbons (Fsp3) is 0.300. The third kappa shape index (κ3) is 6.14. The second-order valence-corrected chi connectivity index (χ2v) is 5.89. The first-order valence-electron chi connectivity index (χ1n) is 8.65. The Morgan fingerprint density at radius 3 is 2.79 bits per heavy atom. The predicted molar refractivity (Wildman–Crippen MR) is 108 cm³/mol. The van der Waals surface area contributed by atoms with E-state index in [0.29, 0.717) is 53.5 Å². The molecule has 0 atom stereocenters. The van der Waals surface area contributed by atoms with Gasteiger partial charge < -0.3 is 24.3 Å². The molecule has 1 heterocycles. The molecule has 8 heteroatoms. The number of hydrogen-bond acceptors (Lipinski definition) is 6. The molecule has 0 spiro atoms. The van der Waals surface area contributed by atoms with Crippen molar-refractivity contribution in [2.24, 2.45) is 0 Å². The van der Waals surface area contributed by atoms with Crippen LogP contribution in [0.1, 0.15) is 12.5 Å². The van der Waals surface area contributed by atoms with Crippen LogP contribution in [0.15, 0.2) is 36.5 Å². The zero-order valence-corrected chi connectivity index (χ0v) is 16.8. The number of nitrogens with zero attached hydrogens (tertiary/aromatic N) is 1. The van der Waals surface area contributed by atoms with Crippen LogP contribution in [0.3, 0.4) is 0 Å². The van der Waals surface area contributed by atoms with Crippen LogP contribution < -0.4 is 19.5 Å². The smallest absolute Gasteiger partial charge is 0.248 e. The summed E-state index contributed by atoms with van der Waals surface area (Å²) in [7, 11) is 3.11. The Balaban J connectivity index is 2.09. The summed E-state index contributed by atoms with van der Waals surface area (Å²) in [4.78, 5) is 16.4. The highest BCUT2D eigenvalue weighted by atomic mass is 35.5. The van der Waals surface area contributed by atoms with Gasteiger partial charge in [-0.05, 0) is 42.8 Å². The Morgan fingerprint density at radius 1 is 1.25 bits per heavy atom. The molecular weight excluding hydrogens is 384 g/mol. The minimum atomic E-state index is -0.339. The van der Waals surface area contributed by atoms with Gasteiger partial charge in [-0.15, -0.1) is 0 Å². The molecule has 0 aliphatic heterocycles. The summed E-state index contributed by atoms with van der Waals surface area (Å²) >= 11 is 6.24. The van der Waals surface area contributed by atoms with E-state index < -0.39 is 0 Å². The first kappa shape index (κ1) is 21.5. The Bertz CT molecular complexity index is 826. The number of methoxy groups -OCH3 is 2. The average molecular weight is 407 g/mol. The SMILES string of the molecule is CCOc1c(Cl)cc(/C=C/C(=O)Nc2cccnc2OCCOC)cc1OC. The zero-order chi connectivity index (χ0) is 20.4. The van der Waals surface area contributed by atoms with Gasteiger partial charge >= 0.3 is 0 Å². The molecule has 0 bridgehead atoms. The largest absolute Gasteiger partial charge is 0.493 e. The maximum Gasteiger partial charge on any atom is 0.248 e. The standard InChI is InChI=1S/C20H23ClN2O5/c1-4-27-19-15(21)12-14(13-17(19)26-3)7-8-18(24)23-16-6-5-9-22-20(16)28-11-10-25-2/h5-9,12-13H,4,10-11H2,1-3H3,(H,23,24)/b8-7+. The summed E-state index contributed by atoms with van der Waals surface area (Å²) in [6.45, 7) is 3.08. The number of halogens is 1. The van der Waals surface area contributed by atoms with Gasteiger partial charge in [-0.1, -0.05) is 11.6 Å². The van der Waals surface area contributed by atoms with E-state index in [9.17, 15) is 4.79 Å². The lowest BCUT2D eigenvalue weighted by Crippen LogP contribution is -2.12. The van der Waals surface area contributed by atoms with E-state index in [-0.39, 0.29) is 5.91 Å². The first-order valence-corrected chi connectivity index (χ1v) is 9.03. The van der Waals surface area contributed by atoms with E-state index in [4.69, 9.17) is 30.5 Å². The van der Waals surface area contributed by atoms with Crippen LogP contribution in [-0.4, -0.2) is 44.9 Å². The predicted octanol–water partition coefficient (Wildman–Crippen LogP) is 3.82. The van der Waals surface area contributed by atoms with E-state index in [1.54, 1.807) is 43.6 Å². The molecule has 0 saturated heterocycles. The van der Waals surface area contributed by atoms with Crippen molar-refractivity contribution >= 4 is 29.3 Å². The summed E-state index contributed by atoms with van der Waals surface area (Å²) in [5.41, 5.74) is 1.17. The van der Waals surface area contributed by atoms with Crippen LogP contribution in [0.5, 0.6) is 17.4 Å². The number of hydrogen-bond donors (Lipinski definition) is 1. The van der Waals surface area contributed by atoms with Crippen molar-refractivity contribution in [1.82, 2.24) is 4.98 Å². The second-order valence-electron chi connectivity index (χ2n) is 5.49. The number of rotatable bonds is 10. The van der Waals surface area contributed by atoms with Gasteiger partial charge in [-0.2, -0.15) is 0 Å². The van der Waals surface area contributed by atoms with E-state index >= 15 is 0 Å². The first-order chi connectivity index (χ1) is 13.6. The van der Waals surface area contributed by atoms with Crippen LogP contribution in [0.2, 0.25) is 5.02 Å². The summed E-state index contributed by atoms with van der Waals surface area (Å²) < 4.78 is 21.2. The van der Waals surface area contributed by atoms with Gasteiger partial charge in [0.05, 0.1) is 25.3 Å². The number of carbonyl (C=O) groups excluding carboxylic acids is 1. The van der Waals surface area contributed by atoms with Crippen molar-refractivity contribution in [2.75, 3.05) is 39.4 Å². The molecule has 0 radical (unpaired) electrons. The van der Waals surface area contributed by atoms with Crippen LogP contribution >= 0.6 is 11.6 Å². The number of benzene rings is 1. The highest BCUT2D eigenvalue weighted by molar-refractivity contribution is 6.32. The highest BCUT2D eigenvalue weighted by Gasteiger charge is 2.11. The minimum Gasteiger partial charge on any atom is -0.493 e. The van der Waals surface area contributed by atoms with Crippen LogP contribution in [0, 0.1) is 0 Å². The van der Waals surface area contributed by atoms with E-state index in [2.05, 4.69) is 10.3 Å². The third-order valence-corrected chi connectivity index (χ3v) is 3.80. The molecule has 0 unspecified atom stereocenters.